The van der Waals surface area contributed by atoms with Crippen molar-refractivity contribution in [1.82, 2.24) is 10.2 Å². The second-order valence-electron chi connectivity index (χ2n) is 7.88. The lowest BCUT2D eigenvalue weighted by Crippen LogP contribution is -2.39. The minimum atomic E-state index is -0.0193. The zero-order chi connectivity index (χ0) is 20.2. The van der Waals surface area contributed by atoms with Crippen molar-refractivity contribution in [3.63, 3.8) is 0 Å². The van der Waals surface area contributed by atoms with Gasteiger partial charge in [0, 0.05) is 12.6 Å². The Hall–Kier alpha value is -2.85. The van der Waals surface area contributed by atoms with Gasteiger partial charge in [0.25, 0.3) is 0 Å². The number of fused-ring (bicyclic) bond motifs is 1. The van der Waals surface area contributed by atoms with Crippen molar-refractivity contribution in [3.8, 4) is 5.75 Å². The number of nitrogens with one attached hydrogen (secondary N) is 1. The molecule has 0 saturated heterocycles. The van der Waals surface area contributed by atoms with E-state index in [-0.39, 0.29) is 11.9 Å². The third kappa shape index (κ3) is 4.96. The average molecular weight is 389 g/mol. The Kier molecular flexibility index (Phi) is 5.81. The van der Waals surface area contributed by atoms with Crippen LogP contribution in [-0.2, 0) is 11.3 Å². The van der Waals surface area contributed by atoms with Gasteiger partial charge in [-0.3, -0.25) is 9.69 Å². The lowest BCUT2D eigenvalue weighted by Gasteiger charge is -2.23. The van der Waals surface area contributed by atoms with Gasteiger partial charge in [0.1, 0.15) is 5.75 Å². The number of benzene rings is 3. The number of ether oxygens (including phenoxy) is 1. The summed E-state index contributed by atoms with van der Waals surface area (Å²) >= 11 is 0. The maximum atomic E-state index is 12.8. The first-order valence-electron chi connectivity index (χ1n) is 10.3. The van der Waals surface area contributed by atoms with Crippen molar-refractivity contribution in [2.75, 3.05) is 13.7 Å². The number of methoxy groups -OCH3 is 1. The highest BCUT2D eigenvalue weighted by Crippen LogP contribution is 2.28. The van der Waals surface area contributed by atoms with Crippen LogP contribution in [0.3, 0.4) is 0 Å². The smallest absolute Gasteiger partial charge is 0.234 e. The van der Waals surface area contributed by atoms with Crippen molar-refractivity contribution < 1.29 is 9.53 Å². The molecule has 0 radical (unpaired) electrons. The summed E-state index contributed by atoms with van der Waals surface area (Å²) in [6, 6.07) is 23.3. The molecule has 150 valence electrons. The molecular weight excluding hydrogens is 360 g/mol. The van der Waals surface area contributed by atoms with Crippen LogP contribution in [0, 0.1) is 0 Å². The summed E-state index contributed by atoms with van der Waals surface area (Å²) in [5, 5.41) is 5.59. The van der Waals surface area contributed by atoms with Gasteiger partial charge in [-0.2, -0.15) is 0 Å². The SMILES string of the molecule is COc1ccc(CN(CC(=O)NC(C)c2ccc3ccccc3c2)C2CC2)cc1. The summed E-state index contributed by atoms with van der Waals surface area (Å²) < 4.78 is 5.23. The number of rotatable bonds is 8. The van der Waals surface area contributed by atoms with Crippen LogP contribution in [0.4, 0.5) is 0 Å². The van der Waals surface area contributed by atoms with E-state index in [0.717, 1.165) is 17.9 Å². The van der Waals surface area contributed by atoms with Crippen LogP contribution in [0.15, 0.2) is 66.7 Å². The largest absolute Gasteiger partial charge is 0.497 e. The van der Waals surface area contributed by atoms with E-state index in [1.807, 2.05) is 31.2 Å². The molecule has 1 saturated carbocycles. The van der Waals surface area contributed by atoms with Gasteiger partial charge in [0.05, 0.1) is 19.7 Å². The van der Waals surface area contributed by atoms with Gasteiger partial charge in [0.15, 0.2) is 0 Å². The van der Waals surface area contributed by atoms with E-state index >= 15 is 0 Å². The minimum Gasteiger partial charge on any atom is -0.497 e. The number of carbonyl (C=O) groups is 1. The van der Waals surface area contributed by atoms with Crippen molar-refractivity contribution in [2.24, 2.45) is 0 Å². The summed E-state index contributed by atoms with van der Waals surface area (Å²) in [6.45, 7) is 3.26. The predicted molar refractivity (Wildman–Crippen MR) is 117 cm³/mol. The quantitative estimate of drug-likeness (QED) is 0.609. The lowest BCUT2D eigenvalue weighted by atomic mass is 10.0. The molecule has 3 aromatic carbocycles. The molecule has 3 aromatic rings. The zero-order valence-electron chi connectivity index (χ0n) is 17.1. The molecular formula is C25H28N2O2. The van der Waals surface area contributed by atoms with E-state index < -0.39 is 0 Å². The monoisotopic (exact) mass is 388 g/mol. The molecule has 1 unspecified atom stereocenters. The molecule has 0 aliphatic heterocycles. The average Bonchev–Trinajstić information content (AvgIpc) is 3.59. The van der Waals surface area contributed by atoms with Gasteiger partial charge < -0.3 is 10.1 Å². The minimum absolute atomic E-state index is 0.0193. The van der Waals surface area contributed by atoms with Gasteiger partial charge in [-0.05, 0) is 59.9 Å². The van der Waals surface area contributed by atoms with Crippen LogP contribution in [-0.4, -0.2) is 30.5 Å². The lowest BCUT2D eigenvalue weighted by molar-refractivity contribution is -0.123. The number of hydrogen-bond acceptors (Lipinski definition) is 3. The summed E-state index contributed by atoms with van der Waals surface area (Å²) in [7, 11) is 1.67. The molecule has 1 aliphatic rings. The number of amides is 1. The van der Waals surface area contributed by atoms with Gasteiger partial charge in [-0.1, -0.05) is 48.5 Å². The van der Waals surface area contributed by atoms with Crippen LogP contribution in [0.2, 0.25) is 0 Å². The molecule has 1 aliphatic carbocycles. The first kappa shape index (κ1) is 19.5. The Morgan fingerprint density at radius 1 is 1.07 bits per heavy atom. The first-order chi connectivity index (χ1) is 14.1. The fourth-order valence-electron chi connectivity index (χ4n) is 3.75. The van der Waals surface area contributed by atoms with Crippen LogP contribution in [0.5, 0.6) is 5.75 Å². The molecule has 4 nitrogen and oxygen atoms in total. The molecule has 0 aromatic heterocycles. The first-order valence-corrected chi connectivity index (χ1v) is 10.3. The van der Waals surface area contributed by atoms with Gasteiger partial charge in [-0.15, -0.1) is 0 Å². The molecule has 0 spiro atoms. The number of hydrogen-bond donors (Lipinski definition) is 1. The third-order valence-corrected chi connectivity index (χ3v) is 5.61. The highest BCUT2D eigenvalue weighted by Gasteiger charge is 2.30. The van der Waals surface area contributed by atoms with Gasteiger partial charge in [0.2, 0.25) is 5.91 Å². The molecule has 4 heteroatoms. The molecule has 0 heterocycles. The normalized spacial score (nSPS) is 14.7. The molecule has 0 bridgehead atoms. The fourth-order valence-corrected chi connectivity index (χ4v) is 3.75. The number of carbonyl (C=O) groups excluding carboxylic acids is 1. The second kappa shape index (κ2) is 8.66. The van der Waals surface area contributed by atoms with E-state index in [4.69, 9.17) is 4.74 Å². The molecule has 1 atom stereocenters. The number of nitrogens with zero attached hydrogens (tertiary/aromatic N) is 1. The van der Waals surface area contributed by atoms with Gasteiger partial charge in [-0.25, -0.2) is 0 Å². The Bertz CT molecular complexity index is 980. The van der Waals surface area contributed by atoms with Crippen molar-refractivity contribution in [3.05, 3.63) is 77.9 Å². The van der Waals surface area contributed by atoms with Crippen molar-refractivity contribution >= 4 is 16.7 Å². The van der Waals surface area contributed by atoms with E-state index in [1.165, 1.54) is 29.2 Å². The highest BCUT2D eigenvalue weighted by molar-refractivity contribution is 5.83. The maximum absolute atomic E-state index is 12.8. The Balaban J connectivity index is 1.38. The Morgan fingerprint density at radius 3 is 2.48 bits per heavy atom. The molecule has 1 fully saturated rings. The van der Waals surface area contributed by atoms with E-state index in [2.05, 4.69) is 52.7 Å². The molecule has 4 rings (SSSR count). The summed E-state index contributed by atoms with van der Waals surface area (Å²) in [4.78, 5) is 15.0. The third-order valence-electron chi connectivity index (χ3n) is 5.61. The van der Waals surface area contributed by atoms with E-state index in [0.29, 0.717) is 12.6 Å². The zero-order valence-corrected chi connectivity index (χ0v) is 17.1. The van der Waals surface area contributed by atoms with Crippen LogP contribution >= 0.6 is 0 Å². The Morgan fingerprint density at radius 2 is 1.79 bits per heavy atom. The van der Waals surface area contributed by atoms with Gasteiger partial charge >= 0.3 is 0 Å². The van der Waals surface area contributed by atoms with Crippen LogP contribution < -0.4 is 10.1 Å². The summed E-state index contributed by atoms with van der Waals surface area (Å²) in [6.07, 6.45) is 2.34. The molecule has 1 N–H and O–H groups in total. The Labute approximate surface area is 172 Å². The highest BCUT2D eigenvalue weighted by atomic mass is 16.5. The topological polar surface area (TPSA) is 41.6 Å². The van der Waals surface area contributed by atoms with Crippen molar-refractivity contribution in [2.45, 2.75) is 38.4 Å². The second-order valence-corrected chi connectivity index (χ2v) is 7.88. The van der Waals surface area contributed by atoms with E-state index in [1.54, 1.807) is 7.11 Å². The molecule has 1 amide bonds. The fraction of sp³-hybridized carbons (Fsp3) is 0.320. The predicted octanol–water partition coefficient (Wildman–Crippen LogP) is 4.69. The standard InChI is InChI=1S/C25H28N2O2/c1-18(21-10-9-20-5-3-4-6-22(20)15-21)26-25(28)17-27(23-11-12-23)16-19-7-13-24(29-2)14-8-19/h3-10,13-15,18,23H,11-12,16-17H2,1-2H3,(H,26,28). The maximum Gasteiger partial charge on any atom is 0.234 e. The summed E-state index contributed by atoms with van der Waals surface area (Å²) in [5.41, 5.74) is 2.33. The van der Waals surface area contributed by atoms with E-state index in [9.17, 15) is 4.79 Å². The summed E-state index contributed by atoms with van der Waals surface area (Å²) in [5.74, 6) is 0.930. The van der Waals surface area contributed by atoms with Crippen LogP contribution in [0.1, 0.15) is 36.9 Å². The van der Waals surface area contributed by atoms with Crippen molar-refractivity contribution in [1.29, 1.82) is 0 Å². The van der Waals surface area contributed by atoms with Crippen LogP contribution in [0.25, 0.3) is 10.8 Å². The molecule has 29 heavy (non-hydrogen) atoms.